The third-order valence-corrected chi connectivity index (χ3v) is 3.94. The Hall–Kier alpha value is -2.66. The van der Waals surface area contributed by atoms with Crippen LogP contribution in [0.15, 0.2) is 52.5 Å². The zero-order valence-corrected chi connectivity index (χ0v) is 13.0. The summed E-state index contributed by atoms with van der Waals surface area (Å²) in [7, 11) is 0. The van der Waals surface area contributed by atoms with E-state index >= 15 is 0 Å². The summed E-state index contributed by atoms with van der Waals surface area (Å²) in [5.41, 5.74) is 2.57. The molecular weight excluding hydrogens is 316 g/mol. The topological polar surface area (TPSA) is 76.2 Å². The van der Waals surface area contributed by atoms with Crippen molar-refractivity contribution >= 4 is 23.1 Å². The Kier molecular flexibility index (Phi) is 4.12. The van der Waals surface area contributed by atoms with Crippen LogP contribution in [0.3, 0.4) is 0 Å². The van der Waals surface area contributed by atoms with Crippen molar-refractivity contribution in [1.82, 2.24) is 10.2 Å². The smallest absolute Gasteiger partial charge is 0.335 e. The molecule has 0 fully saturated rings. The highest BCUT2D eigenvalue weighted by Crippen LogP contribution is 2.29. The van der Waals surface area contributed by atoms with Gasteiger partial charge in [-0.3, -0.25) is 0 Å². The number of carboxylic acid groups (broad SMARTS) is 1. The summed E-state index contributed by atoms with van der Waals surface area (Å²) in [6.45, 7) is 1.88. The Morgan fingerprint density at radius 3 is 2.78 bits per heavy atom. The summed E-state index contributed by atoms with van der Waals surface area (Å²) in [6, 6.07) is 5.48. The molecule has 0 saturated heterocycles. The summed E-state index contributed by atoms with van der Waals surface area (Å²) in [5.74, 6) is -0.239. The van der Waals surface area contributed by atoms with Crippen molar-refractivity contribution in [3.05, 3.63) is 64.6 Å². The molecule has 23 heavy (non-hydrogen) atoms. The van der Waals surface area contributed by atoms with E-state index in [4.69, 9.17) is 21.1 Å². The molecule has 2 aromatic rings. The van der Waals surface area contributed by atoms with E-state index in [1.54, 1.807) is 18.2 Å². The minimum absolute atomic E-state index is 0.238. The number of halogens is 1. The number of carboxylic acids is 1. The van der Waals surface area contributed by atoms with E-state index in [2.05, 4.69) is 10.2 Å². The average molecular weight is 329 g/mol. The maximum Gasteiger partial charge on any atom is 0.335 e. The highest BCUT2D eigenvalue weighted by Gasteiger charge is 2.15. The standard InChI is InChI=1S/C17H13ClN2O3/c1-10-13(6-3-7-14(10)18)16-20-19-15(23-16)11-4-2-5-12(9-8-11)17(21)22/h3-9H,2H2,1H3,(H,21,22). The number of hydrogen-bond acceptors (Lipinski definition) is 4. The fourth-order valence-corrected chi connectivity index (χ4v) is 2.41. The molecule has 5 nitrogen and oxygen atoms in total. The SMILES string of the molecule is Cc1c(Cl)cccc1-c1nnc(C2=CCC=C(C(=O)O)C=C2)o1. The largest absolute Gasteiger partial charge is 0.478 e. The second kappa shape index (κ2) is 6.22. The number of aliphatic carboxylic acids is 1. The first-order chi connectivity index (χ1) is 11.1. The molecule has 0 atom stereocenters. The number of carbonyl (C=O) groups is 1. The number of rotatable bonds is 3. The summed E-state index contributed by atoms with van der Waals surface area (Å²) in [4.78, 5) is 11.0. The van der Waals surface area contributed by atoms with Gasteiger partial charge in [0.15, 0.2) is 0 Å². The molecule has 0 spiro atoms. The minimum atomic E-state index is -0.961. The van der Waals surface area contributed by atoms with Crippen LogP contribution in [-0.4, -0.2) is 21.3 Å². The summed E-state index contributed by atoms with van der Waals surface area (Å²) >= 11 is 6.11. The molecule has 0 bridgehead atoms. The molecule has 0 unspecified atom stereocenters. The maximum atomic E-state index is 11.0. The van der Waals surface area contributed by atoms with Gasteiger partial charge in [0.05, 0.1) is 5.57 Å². The number of nitrogens with zero attached hydrogens (tertiary/aromatic N) is 2. The molecular formula is C17H13ClN2O3. The van der Waals surface area contributed by atoms with E-state index in [0.29, 0.717) is 28.8 Å². The van der Waals surface area contributed by atoms with Crippen LogP contribution in [0.5, 0.6) is 0 Å². The van der Waals surface area contributed by atoms with Gasteiger partial charge in [-0.1, -0.05) is 29.8 Å². The van der Waals surface area contributed by atoms with Crippen molar-refractivity contribution in [3.8, 4) is 11.5 Å². The third kappa shape index (κ3) is 3.10. The van der Waals surface area contributed by atoms with Crippen molar-refractivity contribution in [2.75, 3.05) is 0 Å². The zero-order chi connectivity index (χ0) is 16.4. The normalized spacial score (nSPS) is 14.2. The molecule has 6 heteroatoms. The Morgan fingerprint density at radius 1 is 1.22 bits per heavy atom. The van der Waals surface area contributed by atoms with Gasteiger partial charge in [-0.15, -0.1) is 10.2 Å². The fourth-order valence-electron chi connectivity index (χ4n) is 2.23. The molecule has 0 amide bonds. The van der Waals surface area contributed by atoms with Gasteiger partial charge >= 0.3 is 5.97 Å². The predicted molar refractivity (Wildman–Crippen MR) is 86.9 cm³/mol. The molecule has 116 valence electrons. The first kappa shape index (κ1) is 15.2. The first-order valence-electron chi connectivity index (χ1n) is 6.97. The molecule has 3 rings (SSSR count). The van der Waals surface area contributed by atoms with E-state index in [9.17, 15) is 4.79 Å². The van der Waals surface area contributed by atoms with Gasteiger partial charge in [0.1, 0.15) is 0 Å². The lowest BCUT2D eigenvalue weighted by atomic mass is 10.1. The van der Waals surface area contributed by atoms with Crippen molar-refractivity contribution in [1.29, 1.82) is 0 Å². The highest BCUT2D eigenvalue weighted by molar-refractivity contribution is 6.31. The minimum Gasteiger partial charge on any atom is -0.478 e. The Bertz CT molecular complexity index is 862. The lowest BCUT2D eigenvalue weighted by Gasteiger charge is -2.02. The highest BCUT2D eigenvalue weighted by atomic mass is 35.5. The van der Waals surface area contributed by atoms with Crippen molar-refractivity contribution in [2.24, 2.45) is 0 Å². The maximum absolute atomic E-state index is 11.0. The van der Waals surface area contributed by atoms with Crippen LogP contribution in [0.4, 0.5) is 0 Å². The lowest BCUT2D eigenvalue weighted by molar-refractivity contribution is -0.132. The van der Waals surface area contributed by atoms with Gasteiger partial charge in [0.2, 0.25) is 11.8 Å². The van der Waals surface area contributed by atoms with Gasteiger partial charge in [0.25, 0.3) is 0 Å². The van der Waals surface area contributed by atoms with Crippen molar-refractivity contribution < 1.29 is 14.3 Å². The number of benzene rings is 1. The second-order valence-electron chi connectivity index (χ2n) is 5.02. The van der Waals surface area contributed by atoms with E-state index < -0.39 is 5.97 Å². The van der Waals surface area contributed by atoms with Gasteiger partial charge in [0, 0.05) is 16.2 Å². The average Bonchev–Trinajstić information content (AvgIpc) is 2.87. The molecule has 1 aromatic heterocycles. The van der Waals surface area contributed by atoms with E-state index in [0.717, 1.165) is 11.1 Å². The molecule has 1 aliphatic carbocycles. The molecule has 0 aliphatic heterocycles. The van der Waals surface area contributed by atoms with Crippen LogP contribution < -0.4 is 0 Å². The quantitative estimate of drug-likeness (QED) is 0.919. The van der Waals surface area contributed by atoms with Crippen molar-refractivity contribution in [2.45, 2.75) is 13.3 Å². The van der Waals surface area contributed by atoms with Gasteiger partial charge in [-0.2, -0.15) is 0 Å². The number of hydrogen-bond donors (Lipinski definition) is 1. The zero-order valence-electron chi connectivity index (χ0n) is 12.3. The Balaban J connectivity index is 1.91. The van der Waals surface area contributed by atoms with E-state index in [-0.39, 0.29) is 5.57 Å². The molecule has 1 aromatic carbocycles. The fraction of sp³-hybridized carbons (Fsp3) is 0.118. The van der Waals surface area contributed by atoms with Crippen LogP contribution in [0, 0.1) is 6.92 Å². The Morgan fingerprint density at radius 2 is 2.00 bits per heavy atom. The van der Waals surface area contributed by atoms with E-state index in [1.165, 1.54) is 6.08 Å². The first-order valence-corrected chi connectivity index (χ1v) is 7.35. The summed E-state index contributed by atoms with van der Waals surface area (Å²) < 4.78 is 5.73. The molecule has 1 heterocycles. The van der Waals surface area contributed by atoms with Crippen LogP contribution in [0.2, 0.25) is 5.02 Å². The van der Waals surface area contributed by atoms with E-state index in [1.807, 2.05) is 25.1 Å². The van der Waals surface area contributed by atoms with Gasteiger partial charge in [-0.25, -0.2) is 4.79 Å². The lowest BCUT2D eigenvalue weighted by Crippen LogP contribution is -1.96. The number of allylic oxidation sites excluding steroid dienone is 4. The Labute approximate surface area is 137 Å². The number of aromatic nitrogens is 2. The summed E-state index contributed by atoms with van der Waals surface area (Å²) in [5, 5.41) is 17.8. The monoisotopic (exact) mass is 328 g/mol. The van der Waals surface area contributed by atoms with Crippen LogP contribution in [-0.2, 0) is 4.79 Å². The third-order valence-electron chi connectivity index (χ3n) is 3.53. The predicted octanol–water partition coefficient (Wildman–Crippen LogP) is 4.05. The van der Waals surface area contributed by atoms with Crippen LogP contribution in [0.1, 0.15) is 17.9 Å². The van der Waals surface area contributed by atoms with Crippen LogP contribution in [0.25, 0.3) is 17.0 Å². The van der Waals surface area contributed by atoms with Gasteiger partial charge in [-0.05, 0) is 43.2 Å². The van der Waals surface area contributed by atoms with Gasteiger partial charge < -0.3 is 9.52 Å². The molecule has 0 saturated carbocycles. The summed E-state index contributed by atoms with van der Waals surface area (Å²) in [6.07, 6.45) is 7.14. The molecule has 1 aliphatic rings. The molecule has 1 N–H and O–H groups in total. The molecule has 0 radical (unpaired) electrons. The second-order valence-corrected chi connectivity index (χ2v) is 5.43. The van der Waals surface area contributed by atoms with Crippen LogP contribution >= 0.6 is 11.6 Å². The van der Waals surface area contributed by atoms with Crippen molar-refractivity contribution in [3.63, 3.8) is 0 Å².